The molecule has 0 saturated carbocycles. The van der Waals surface area contributed by atoms with Gasteiger partial charge in [0.25, 0.3) is 0 Å². The zero-order valence-corrected chi connectivity index (χ0v) is 12.2. The van der Waals surface area contributed by atoms with Gasteiger partial charge < -0.3 is 4.74 Å². The Balaban J connectivity index is 1.94. The van der Waals surface area contributed by atoms with Gasteiger partial charge in [-0.3, -0.25) is 11.3 Å². The molecule has 1 atom stereocenters. The number of hydrogen-bond donors (Lipinski definition) is 2. The fourth-order valence-electron chi connectivity index (χ4n) is 2.17. The second-order valence-electron chi connectivity index (χ2n) is 4.73. The van der Waals surface area contributed by atoms with E-state index in [0.29, 0.717) is 0 Å². The summed E-state index contributed by atoms with van der Waals surface area (Å²) < 4.78 is 6.87. The molecule has 1 aromatic heterocycles. The average Bonchev–Trinajstić information content (AvgIpc) is 2.85. The number of hydrogen-bond acceptors (Lipinski definition) is 4. The lowest BCUT2D eigenvalue weighted by Crippen LogP contribution is -2.37. The van der Waals surface area contributed by atoms with E-state index >= 15 is 0 Å². The van der Waals surface area contributed by atoms with E-state index < -0.39 is 0 Å². The van der Waals surface area contributed by atoms with Crippen LogP contribution in [0.15, 0.2) is 29.6 Å². The number of thiophene rings is 1. The molecule has 0 saturated heterocycles. The monoisotopic (exact) mass is 278 g/mol. The Morgan fingerprint density at radius 1 is 1.32 bits per heavy atom. The SMILES string of the molecule is CCCOCCC(Cc1csc2ccccc12)NN. The standard InChI is InChI=1S/C15H22N2OS/c1-2-8-18-9-7-13(17-16)10-12-11-19-15-6-4-3-5-14(12)15/h3-6,11,13,17H,2,7-10,16H2,1H3. The first-order valence-electron chi connectivity index (χ1n) is 6.84. The lowest BCUT2D eigenvalue weighted by molar-refractivity contribution is 0.124. The Bertz CT molecular complexity index is 498. The maximum Gasteiger partial charge on any atom is 0.0481 e. The lowest BCUT2D eigenvalue weighted by atomic mass is 10.0. The van der Waals surface area contributed by atoms with E-state index in [-0.39, 0.29) is 6.04 Å². The van der Waals surface area contributed by atoms with Crippen LogP contribution in [0.4, 0.5) is 0 Å². The highest BCUT2D eigenvalue weighted by Gasteiger charge is 2.11. The van der Waals surface area contributed by atoms with E-state index in [1.54, 1.807) is 11.3 Å². The molecule has 0 aliphatic heterocycles. The largest absolute Gasteiger partial charge is 0.381 e. The summed E-state index contributed by atoms with van der Waals surface area (Å²) >= 11 is 1.80. The quantitative estimate of drug-likeness (QED) is 0.443. The summed E-state index contributed by atoms with van der Waals surface area (Å²) in [6.45, 7) is 3.72. The Kier molecular flexibility index (Phi) is 5.79. The average molecular weight is 278 g/mol. The van der Waals surface area contributed by atoms with Crippen molar-refractivity contribution in [2.45, 2.75) is 32.2 Å². The van der Waals surface area contributed by atoms with Gasteiger partial charge in [0.15, 0.2) is 0 Å². The molecule has 0 aliphatic rings. The summed E-state index contributed by atoms with van der Waals surface area (Å²) in [5.74, 6) is 5.65. The van der Waals surface area contributed by atoms with Crippen molar-refractivity contribution in [3.05, 3.63) is 35.2 Å². The second-order valence-corrected chi connectivity index (χ2v) is 5.64. The third-order valence-corrected chi connectivity index (χ3v) is 4.23. The van der Waals surface area contributed by atoms with Crippen molar-refractivity contribution in [2.75, 3.05) is 13.2 Å². The van der Waals surface area contributed by atoms with E-state index in [1.807, 2.05) is 0 Å². The number of nitrogens with two attached hydrogens (primary N) is 1. The van der Waals surface area contributed by atoms with E-state index in [1.165, 1.54) is 15.6 Å². The predicted octanol–water partition coefficient (Wildman–Crippen LogP) is 3.09. The van der Waals surface area contributed by atoms with Crippen LogP contribution < -0.4 is 11.3 Å². The van der Waals surface area contributed by atoms with Crippen LogP contribution in [0.1, 0.15) is 25.3 Å². The van der Waals surface area contributed by atoms with Crippen molar-refractivity contribution in [1.82, 2.24) is 5.43 Å². The van der Waals surface area contributed by atoms with E-state index in [2.05, 4.69) is 42.0 Å². The van der Waals surface area contributed by atoms with E-state index in [0.717, 1.165) is 32.5 Å². The maximum absolute atomic E-state index is 5.65. The third kappa shape index (κ3) is 4.01. The summed E-state index contributed by atoms with van der Waals surface area (Å²) in [6.07, 6.45) is 2.96. The van der Waals surface area contributed by atoms with Gasteiger partial charge in [-0.2, -0.15) is 0 Å². The molecule has 0 bridgehead atoms. The summed E-state index contributed by atoms with van der Waals surface area (Å²) in [5.41, 5.74) is 4.28. The molecule has 2 aromatic rings. The van der Waals surface area contributed by atoms with Gasteiger partial charge >= 0.3 is 0 Å². The first kappa shape index (κ1) is 14.5. The molecular formula is C15H22N2OS. The van der Waals surface area contributed by atoms with E-state index in [4.69, 9.17) is 10.6 Å². The number of hydrazine groups is 1. The molecule has 3 nitrogen and oxygen atoms in total. The molecule has 0 aliphatic carbocycles. The lowest BCUT2D eigenvalue weighted by Gasteiger charge is -2.15. The Morgan fingerprint density at radius 2 is 2.16 bits per heavy atom. The zero-order chi connectivity index (χ0) is 13.5. The minimum atomic E-state index is 0.273. The first-order valence-corrected chi connectivity index (χ1v) is 7.72. The fourth-order valence-corrected chi connectivity index (χ4v) is 3.15. The van der Waals surface area contributed by atoms with Gasteiger partial charge in [0, 0.05) is 24.0 Å². The topological polar surface area (TPSA) is 47.3 Å². The van der Waals surface area contributed by atoms with Crippen LogP contribution in [0.3, 0.4) is 0 Å². The number of nitrogens with one attached hydrogen (secondary N) is 1. The summed E-state index contributed by atoms with van der Waals surface area (Å²) in [4.78, 5) is 0. The maximum atomic E-state index is 5.65. The van der Waals surface area contributed by atoms with Gasteiger partial charge in [0.05, 0.1) is 0 Å². The smallest absolute Gasteiger partial charge is 0.0481 e. The van der Waals surface area contributed by atoms with Gasteiger partial charge in [-0.05, 0) is 41.7 Å². The molecule has 1 heterocycles. The number of fused-ring (bicyclic) bond motifs is 1. The normalized spacial score (nSPS) is 12.9. The molecule has 1 aromatic carbocycles. The minimum absolute atomic E-state index is 0.273. The van der Waals surface area contributed by atoms with Crippen LogP contribution in [0.2, 0.25) is 0 Å². The molecule has 19 heavy (non-hydrogen) atoms. The highest BCUT2D eigenvalue weighted by molar-refractivity contribution is 7.17. The summed E-state index contributed by atoms with van der Waals surface area (Å²) in [5, 5.41) is 3.59. The molecule has 4 heteroatoms. The van der Waals surface area contributed by atoms with E-state index in [9.17, 15) is 0 Å². The van der Waals surface area contributed by atoms with Gasteiger partial charge in [0.2, 0.25) is 0 Å². The van der Waals surface area contributed by atoms with Crippen molar-refractivity contribution in [3.63, 3.8) is 0 Å². The van der Waals surface area contributed by atoms with Crippen molar-refractivity contribution in [2.24, 2.45) is 5.84 Å². The highest BCUT2D eigenvalue weighted by Crippen LogP contribution is 2.26. The molecule has 0 amide bonds. The van der Waals surface area contributed by atoms with Crippen molar-refractivity contribution in [3.8, 4) is 0 Å². The Labute approximate surface area is 118 Å². The van der Waals surface area contributed by atoms with Gasteiger partial charge in [0.1, 0.15) is 0 Å². The first-order chi connectivity index (χ1) is 9.35. The van der Waals surface area contributed by atoms with Crippen LogP contribution in [0, 0.1) is 0 Å². The van der Waals surface area contributed by atoms with Crippen LogP contribution in [-0.4, -0.2) is 19.3 Å². The predicted molar refractivity (Wildman–Crippen MR) is 82.4 cm³/mol. The summed E-state index contributed by atoms with van der Waals surface area (Å²) in [7, 11) is 0. The molecule has 3 N–H and O–H groups in total. The van der Waals surface area contributed by atoms with Gasteiger partial charge in [-0.15, -0.1) is 11.3 Å². The molecule has 0 fully saturated rings. The highest BCUT2D eigenvalue weighted by atomic mass is 32.1. The van der Waals surface area contributed by atoms with Crippen LogP contribution >= 0.6 is 11.3 Å². The van der Waals surface area contributed by atoms with Crippen LogP contribution in [0.5, 0.6) is 0 Å². The molecule has 0 radical (unpaired) electrons. The molecule has 0 spiro atoms. The fraction of sp³-hybridized carbons (Fsp3) is 0.467. The van der Waals surface area contributed by atoms with Gasteiger partial charge in [-0.1, -0.05) is 25.1 Å². The number of rotatable bonds is 8. The second kappa shape index (κ2) is 7.60. The Morgan fingerprint density at radius 3 is 2.95 bits per heavy atom. The van der Waals surface area contributed by atoms with Crippen LogP contribution in [-0.2, 0) is 11.2 Å². The van der Waals surface area contributed by atoms with Crippen molar-refractivity contribution < 1.29 is 4.74 Å². The van der Waals surface area contributed by atoms with Crippen molar-refractivity contribution in [1.29, 1.82) is 0 Å². The minimum Gasteiger partial charge on any atom is -0.381 e. The van der Waals surface area contributed by atoms with Gasteiger partial charge in [-0.25, -0.2) is 0 Å². The van der Waals surface area contributed by atoms with Crippen molar-refractivity contribution >= 4 is 21.4 Å². The number of benzene rings is 1. The van der Waals surface area contributed by atoms with Crippen LogP contribution in [0.25, 0.3) is 10.1 Å². The number of ether oxygens (including phenoxy) is 1. The molecule has 2 rings (SSSR count). The Hall–Kier alpha value is -0.940. The third-order valence-electron chi connectivity index (χ3n) is 3.22. The summed E-state index contributed by atoms with van der Waals surface area (Å²) in [6, 6.07) is 8.80. The molecule has 104 valence electrons. The zero-order valence-electron chi connectivity index (χ0n) is 11.4. The molecule has 1 unspecified atom stereocenters. The molecular weight excluding hydrogens is 256 g/mol.